The van der Waals surface area contributed by atoms with Gasteiger partial charge in [-0.2, -0.15) is 0 Å². The van der Waals surface area contributed by atoms with Crippen molar-refractivity contribution in [2.75, 3.05) is 5.32 Å². The molecule has 2 heterocycles. The van der Waals surface area contributed by atoms with Gasteiger partial charge in [-0.15, -0.1) is 11.3 Å². The predicted octanol–water partition coefficient (Wildman–Crippen LogP) is 14.4. The van der Waals surface area contributed by atoms with Gasteiger partial charge in [0.05, 0.1) is 11.1 Å². The van der Waals surface area contributed by atoms with E-state index in [-0.39, 0.29) is 0 Å². The Balaban J connectivity index is 1.09. The first-order chi connectivity index (χ1) is 25.3. The van der Waals surface area contributed by atoms with E-state index in [2.05, 4.69) is 187 Å². The van der Waals surface area contributed by atoms with Crippen LogP contribution in [0.4, 0.5) is 11.4 Å². The minimum atomic E-state index is 0.867. The molecule has 51 heavy (non-hydrogen) atoms. The number of hydrogen-bond acceptors (Lipinski definition) is 3. The molecular weight excluding hydrogens is 639 g/mol. The minimum Gasteiger partial charge on any atom is -0.455 e. The number of thiophene rings is 1. The first-order valence-electron chi connectivity index (χ1n) is 17.3. The minimum absolute atomic E-state index is 0.867. The molecule has 0 aliphatic rings. The summed E-state index contributed by atoms with van der Waals surface area (Å²) in [6.07, 6.45) is 0. The SMILES string of the molecule is c1ccc(-c2cccc(-c3cccc4oc5c(-c6ccccc6)ccc(Nc6ccc(-c7ccc8c(c7)sc7ccccc78)cc6)c5c34)c2)cc1. The molecular formula is C48H31NOS. The van der Waals surface area contributed by atoms with Crippen molar-refractivity contribution in [2.45, 2.75) is 0 Å². The van der Waals surface area contributed by atoms with Crippen LogP contribution in [-0.2, 0) is 0 Å². The molecule has 0 fully saturated rings. The van der Waals surface area contributed by atoms with Crippen molar-refractivity contribution in [1.82, 2.24) is 0 Å². The van der Waals surface area contributed by atoms with E-state index in [4.69, 9.17) is 4.42 Å². The molecule has 10 aromatic rings. The topological polar surface area (TPSA) is 25.2 Å². The molecule has 0 aliphatic heterocycles. The maximum atomic E-state index is 6.79. The number of rotatable bonds is 6. The van der Waals surface area contributed by atoms with Gasteiger partial charge >= 0.3 is 0 Å². The van der Waals surface area contributed by atoms with E-state index < -0.39 is 0 Å². The van der Waals surface area contributed by atoms with E-state index in [1.165, 1.54) is 42.4 Å². The molecule has 0 bridgehead atoms. The molecule has 0 aliphatic carbocycles. The summed E-state index contributed by atoms with van der Waals surface area (Å²) in [5, 5.41) is 8.61. The summed E-state index contributed by atoms with van der Waals surface area (Å²) in [6, 6.07) is 64.9. The number of nitrogens with one attached hydrogen (secondary N) is 1. The Kier molecular flexibility index (Phi) is 7.04. The first kappa shape index (κ1) is 29.5. The van der Waals surface area contributed by atoms with Crippen molar-refractivity contribution in [3.63, 3.8) is 0 Å². The van der Waals surface area contributed by atoms with Gasteiger partial charge in [-0.3, -0.25) is 0 Å². The zero-order valence-electron chi connectivity index (χ0n) is 27.6. The zero-order valence-corrected chi connectivity index (χ0v) is 28.5. The summed E-state index contributed by atoms with van der Waals surface area (Å²) in [5.74, 6) is 0. The predicted molar refractivity (Wildman–Crippen MR) is 218 cm³/mol. The summed E-state index contributed by atoms with van der Waals surface area (Å²) in [7, 11) is 0. The van der Waals surface area contributed by atoms with E-state index >= 15 is 0 Å². The van der Waals surface area contributed by atoms with Crippen LogP contribution in [0, 0.1) is 0 Å². The fourth-order valence-corrected chi connectivity index (χ4v) is 8.56. The first-order valence-corrected chi connectivity index (χ1v) is 18.1. The molecule has 0 saturated heterocycles. The van der Waals surface area contributed by atoms with Crippen LogP contribution >= 0.6 is 11.3 Å². The van der Waals surface area contributed by atoms with Crippen LogP contribution in [0.25, 0.3) is 86.6 Å². The average Bonchev–Trinajstić information content (AvgIpc) is 3.78. The smallest absolute Gasteiger partial charge is 0.145 e. The second-order valence-electron chi connectivity index (χ2n) is 13.0. The highest BCUT2D eigenvalue weighted by molar-refractivity contribution is 7.25. The molecule has 2 aromatic heterocycles. The van der Waals surface area contributed by atoms with Crippen molar-refractivity contribution in [3.05, 3.63) is 182 Å². The number of furan rings is 1. The molecule has 0 spiro atoms. The Morgan fingerprint density at radius 2 is 1.04 bits per heavy atom. The molecule has 2 nitrogen and oxygen atoms in total. The van der Waals surface area contributed by atoms with Crippen LogP contribution in [0.5, 0.6) is 0 Å². The van der Waals surface area contributed by atoms with E-state index in [1.807, 2.05) is 11.3 Å². The quantitative estimate of drug-likeness (QED) is 0.191. The normalized spacial score (nSPS) is 11.5. The van der Waals surface area contributed by atoms with Gasteiger partial charge < -0.3 is 9.73 Å². The van der Waals surface area contributed by atoms with Crippen molar-refractivity contribution < 1.29 is 4.42 Å². The molecule has 0 saturated carbocycles. The molecule has 10 rings (SSSR count). The van der Waals surface area contributed by atoms with Crippen molar-refractivity contribution in [3.8, 4) is 44.5 Å². The Morgan fingerprint density at radius 1 is 0.392 bits per heavy atom. The highest BCUT2D eigenvalue weighted by atomic mass is 32.1. The Hall–Kier alpha value is -6.42. The molecule has 1 N–H and O–H groups in total. The number of fused-ring (bicyclic) bond motifs is 6. The summed E-state index contributed by atoms with van der Waals surface area (Å²) < 4.78 is 9.43. The fraction of sp³-hybridized carbons (Fsp3) is 0. The third kappa shape index (κ3) is 5.18. The largest absolute Gasteiger partial charge is 0.455 e. The zero-order chi connectivity index (χ0) is 33.7. The van der Waals surface area contributed by atoms with Gasteiger partial charge in [0.25, 0.3) is 0 Å². The standard InChI is InChI=1S/C48H31NOS/c1-3-11-31(12-4-1)34-15-9-16-36(29-34)38-18-10-19-43-46(38)47-42(28-27-39(48(47)50-43)33-13-5-2-6-14-33)49-37-24-21-32(22-25-37)35-23-26-41-40-17-7-8-20-44(40)51-45(41)30-35/h1-30,49H. The monoisotopic (exact) mass is 669 g/mol. The van der Waals surface area contributed by atoms with Crippen LogP contribution in [0.1, 0.15) is 0 Å². The molecule has 3 heteroatoms. The lowest BCUT2D eigenvalue weighted by Gasteiger charge is -2.13. The van der Waals surface area contributed by atoms with Crippen LogP contribution in [0.2, 0.25) is 0 Å². The van der Waals surface area contributed by atoms with Gasteiger partial charge in [-0.1, -0.05) is 133 Å². The number of benzene rings is 8. The van der Waals surface area contributed by atoms with Crippen molar-refractivity contribution >= 4 is 64.8 Å². The second kappa shape index (κ2) is 12.2. The number of hydrogen-bond donors (Lipinski definition) is 1. The van der Waals surface area contributed by atoms with Crippen LogP contribution in [0.3, 0.4) is 0 Å². The summed E-state index contributed by atoms with van der Waals surface area (Å²) >= 11 is 1.86. The van der Waals surface area contributed by atoms with E-state index in [0.717, 1.165) is 55.6 Å². The third-order valence-corrected chi connectivity index (χ3v) is 11.0. The van der Waals surface area contributed by atoms with Gasteiger partial charge in [-0.25, -0.2) is 0 Å². The van der Waals surface area contributed by atoms with Gasteiger partial charge in [0, 0.05) is 36.8 Å². The summed E-state index contributed by atoms with van der Waals surface area (Å²) in [5.41, 5.74) is 13.1. The van der Waals surface area contributed by atoms with E-state index in [1.54, 1.807) is 0 Å². The third-order valence-electron chi connectivity index (χ3n) is 9.89. The molecule has 0 amide bonds. The second-order valence-corrected chi connectivity index (χ2v) is 14.1. The van der Waals surface area contributed by atoms with Gasteiger partial charge in [-0.05, 0) is 87.5 Å². The Bertz CT molecular complexity index is 2870. The highest BCUT2D eigenvalue weighted by Gasteiger charge is 2.20. The van der Waals surface area contributed by atoms with Crippen LogP contribution in [-0.4, -0.2) is 0 Å². The van der Waals surface area contributed by atoms with Crippen molar-refractivity contribution in [1.29, 1.82) is 0 Å². The lowest BCUT2D eigenvalue weighted by atomic mass is 9.94. The maximum absolute atomic E-state index is 6.79. The van der Waals surface area contributed by atoms with Crippen molar-refractivity contribution in [2.24, 2.45) is 0 Å². The summed E-state index contributed by atoms with van der Waals surface area (Å²) in [6.45, 7) is 0. The average molecular weight is 670 g/mol. The van der Waals surface area contributed by atoms with Gasteiger partial charge in [0.1, 0.15) is 11.2 Å². The van der Waals surface area contributed by atoms with E-state index in [0.29, 0.717) is 0 Å². The molecule has 0 unspecified atom stereocenters. The molecule has 240 valence electrons. The van der Waals surface area contributed by atoms with Gasteiger partial charge in [0.2, 0.25) is 0 Å². The molecule has 0 radical (unpaired) electrons. The Morgan fingerprint density at radius 3 is 1.88 bits per heavy atom. The Labute approximate surface area is 299 Å². The lowest BCUT2D eigenvalue weighted by molar-refractivity contribution is 0.670. The lowest BCUT2D eigenvalue weighted by Crippen LogP contribution is -1.92. The highest BCUT2D eigenvalue weighted by Crippen LogP contribution is 2.45. The summed E-state index contributed by atoms with van der Waals surface area (Å²) in [4.78, 5) is 0. The number of anilines is 2. The molecule has 0 atom stereocenters. The van der Waals surface area contributed by atoms with Gasteiger partial charge in [0.15, 0.2) is 0 Å². The van der Waals surface area contributed by atoms with Crippen LogP contribution in [0.15, 0.2) is 186 Å². The molecule has 8 aromatic carbocycles. The maximum Gasteiger partial charge on any atom is 0.145 e. The van der Waals surface area contributed by atoms with E-state index in [9.17, 15) is 0 Å². The fourth-order valence-electron chi connectivity index (χ4n) is 7.41. The van der Waals surface area contributed by atoms with Crippen LogP contribution < -0.4 is 5.32 Å².